The molecule has 1 aromatic heterocycles. The number of benzene rings is 1. The second-order valence-electron chi connectivity index (χ2n) is 6.67. The number of carbonyl (C=O) groups is 3. The number of aromatic amines is 1. The minimum Gasteiger partial charge on any atom is -0.493 e. The molecule has 0 aliphatic heterocycles. The van der Waals surface area contributed by atoms with E-state index in [1.54, 1.807) is 32.9 Å². The van der Waals surface area contributed by atoms with Crippen molar-refractivity contribution in [2.24, 2.45) is 0 Å². The zero-order chi connectivity index (χ0) is 23.8. The van der Waals surface area contributed by atoms with Crippen molar-refractivity contribution < 1.29 is 38.1 Å². The molecule has 32 heavy (non-hydrogen) atoms. The van der Waals surface area contributed by atoms with Crippen molar-refractivity contribution in [3.8, 4) is 17.2 Å². The van der Waals surface area contributed by atoms with Gasteiger partial charge in [-0.05, 0) is 50.1 Å². The quantitative estimate of drug-likeness (QED) is 0.337. The van der Waals surface area contributed by atoms with Crippen LogP contribution in [-0.4, -0.2) is 57.2 Å². The highest BCUT2D eigenvalue weighted by Gasteiger charge is 2.23. The van der Waals surface area contributed by atoms with E-state index >= 15 is 0 Å². The third-order valence-electron chi connectivity index (χ3n) is 4.64. The Labute approximate surface area is 186 Å². The number of esters is 2. The first-order valence-corrected chi connectivity index (χ1v) is 9.81. The maximum Gasteiger partial charge on any atom is 0.340 e. The molecule has 0 amide bonds. The topological polar surface area (TPSA) is 113 Å². The number of aromatic nitrogens is 1. The molecule has 0 saturated heterocycles. The van der Waals surface area contributed by atoms with Gasteiger partial charge in [-0.15, -0.1) is 0 Å². The molecule has 1 heterocycles. The smallest absolute Gasteiger partial charge is 0.340 e. The van der Waals surface area contributed by atoms with Crippen molar-refractivity contribution in [1.82, 2.24) is 4.98 Å². The van der Waals surface area contributed by atoms with E-state index in [4.69, 9.17) is 23.7 Å². The molecule has 0 bridgehead atoms. The van der Waals surface area contributed by atoms with Crippen LogP contribution in [0.2, 0.25) is 0 Å². The summed E-state index contributed by atoms with van der Waals surface area (Å²) in [4.78, 5) is 39.5. The van der Waals surface area contributed by atoms with Crippen LogP contribution in [0.15, 0.2) is 18.2 Å². The third kappa shape index (κ3) is 5.48. The summed E-state index contributed by atoms with van der Waals surface area (Å²) in [7, 11) is 4.47. The first kappa shape index (κ1) is 24.5. The first-order chi connectivity index (χ1) is 15.3. The number of methoxy groups -OCH3 is 3. The number of nitrogens with one attached hydrogen (secondary N) is 1. The molecule has 0 aliphatic rings. The van der Waals surface area contributed by atoms with Crippen LogP contribution in [0.5, 0.6) is 17.2 Å². The predicted molar refractivity (Wildman–Crippen MR) is 117 cm³/mol. The average Bonchev–Trinajstić information content (AvgIpc) is 3.09. The zero-order valence-corrected chi connectivity index (χ0v) is 19.0. The Kier molecular flexibility index (Phi) is 8.46. The van der Waals surface area contributed by atoms with Gasteiger partial charge in [0.15, 0.2) is 18.1 Å². The van der Waals surface area contributed by atoms with Crippen molar-refractivity contribution in [1.29, 1.82) is 0 Å². The summed E-state index contributed by atoms with van der Waals surface area (Å²) in [6.45, 7) is 4.74. The number of Topliss-reactive ketones (excluding diaryl/α,β-unsaturated/α-hetero) is 1. The average molecular weight is 445 g/mol. The molecule has 2 aromatic rings. The minimum atomic E-state index is -0.710. The van der Waals surface area contributed by atoms with Crippen molar-refractivity contribution in [2.45, 2.75) is 20.8 Å². The summed E-state index contributed by atoms with van der Waals surface area (Å²) in [6, 6.07) is 3.33. The Bertz CT molecular complexity index is 1010. The van der Waals surface area contributed by atoms with Crippen molar-refractivity contribution in [3.05, 3.63) is 46.3 Å². The lowest BCUT2D eigenvalue weighted by Gasteiger charge is -2.12. The molecule has 1 aromatic carbocycles. The molecule has 0 spiro atoms. The molecule has 1 N–H and O–H groups in total. The van der Waals surface area contributed by atoms with Gasteiger partial charge in [0, 0.05) is 11.8 Å². The number of carbonyl (C=O) groups excluding carboxylic acids is 3. The number of ketones is 1. The fourth-order valence-corrected chi connectivity index (χ4v) is 3.16. The van der Waals surface area contributed by atoms with Crippen molar-refractivity contribution in [2.75, 3.05) is 34.5 Å². The van der Waals surface area contributed by atoms with E-state index in [1.165, 1.54) is 33.5 Å². The number of hydrogen-bond acceptors (Lipinski definition) is 8. The molecule has 0 radical (unpaired) electrons. The standard InChI is InChI=1S/C23H27NO8/c1-7-31-23(27)20-13(2)21(24-14(20)3)16(25)12-32-19(26)9-8-15-10-17(28-4)22(30-6)18(11-15)29-5/h8-11,24H,7,12H2,1-6H3. The van der Waals surface area contributed by atoms with Crippen LogP contribution in [0.3, 0.4) is 0 Å². The second-order valence-corrected chi connectivity index (χ2v) is 6.67. The largest absolute Gasteiger partial charge is 0.493 e. The van der Waals surface area contributed by atoms with Gasteiger partial charge in [0.05, 0.1) is 39.2 Å². The lowest BCUT2D eigenvalue weighted by molar-refractivity contribution is -0.136. The van der Waals surface area contributed by atoms with E-state index in [0.29, 0.717) is 39.6 Å². The SMILES string of the molecule is CCOC(=O)c1c(C)[nH]c(C(=O)COC(=O)C=Cc2cc(OC)c(OC)c(OC)c2)c1C. The van der Waals surface area contributed by atoms with Gasteiger partial charge in [-0.2, -0.15) is 0 Å². The fourth-order valence-electron chi connectivity index (χ4n) is 3.16. The van der Waals surface area contributed by atoms with Crippen LogP contribution < -0.4 is 14.2 Å². The lowest BCUT2D eigenvalue weighted by atomic mass is 10.1. The van der Waals surface area contributed by atoms with Crippen LogP contribution in [0.4, 0.5) is 0 Å². The van der Waals surface area contributed by atoms with Gasteiger partial charge >= 0.3 is 11.9 Å². The van der Waals surface area contributed by atoms with Gasteiger partial charge in [-0.25, -0.2) is 9.59 Å². The first-order valence-electron chi connectivity index (χ1n) is 9.81. The number of rotatable bonds is 10. The number of H-pyrrole nitrogens is 1. The van der Waals surface area contributed by atoms with Crippen LogP contribution in [0.1, 0.15) is 44.6 Å². The molecule has 172 valence electrons. The van der Waals surface area contributed by atoms with Gasteiger partial charge in [-0.3, -0.25) is 4.79 Å². The Hall–Kier alpha value is -3.75. The Morgan fingerprint density at radius 3 is 2.12 bits per heavy atom. The molecule has 0 saturated carbocycles. The Morgan fingerprint density at radius 1 is 0.969 bits per heavy atom. The maximum atomic E-state index is 12.5. The van der Waals surface area contributed by atoms with Gasteiger partial charge in [-0.1, -0.05) is 0 Å². The highest BCUT2D eigenvalue weighted by molar-refractivity contribution is 6.03. The van der Waals surface area contributed by atoms with Gasteiger partial charge in [0.1, 0.15) is 0 Å². The Morgan fingerprint density at radius 2 is 1.59 bits per heavy atom. The molecule has 0 fully saturated rings. The third-order valence-corrected chi connectivity index (χ3v) is 4.64. The van der Waals surface area contributed by atoms with E-state index in [1.807, 2.05) is 0 Å². The van der Waals surface area contributed by atoms with E-state index in [9.17, 15) is 14.4 Å². The predicted octanol–water partition coefficient (Wildman–Crippen LogP) is 3.27. The summed E-state index contributed by atoms with van der Waals surface area (Å²) < 4.78 is 25.9. The molecule has 0 atom stereocenters. The van der Waals surface area contributed by atoms with Crippen molar-refractivity contribution >= 4 is 23.8 Å². The van der Waals surface area contributed by atoms with E-state index in [0.717, 1.165) is 0 Å². The van der Waals surface area contributed by atoms with Crippen LogP contribution in [0.25, 0.3) is 6.08 Å². The van der Waals surface area contributed by atoms with Crippen molar-refractivity contribution in [3.63, 3.8) is 0 Å². The normalized spacial score (nSPS) is 10.7. The Balaban J connectivity index is 2.08. The lowest BCUT2D eigenvalue weighted by Crippen LogP contribution is -2.14. The van der Waals surface area contributed by atoms with Crippen LogP contribution >= 0.6 is 0 Å². The van der Waals surface area contributed by atoms with E-state index in [-0.39, 0.29) is 12.3 Å². The number of ether oxygens (including phenoxy) is 5. The van der Waals surface area contributed by atoms with Crippen LogP contribution in [-0.2, 0) is 14.3 Å². The number of hydrogen-bond donors (Lipinski definition) is 1. The van der Waals surface area contributed by atoms with Gasteiger partial charge in [0.2, 0.25) is 11.5 Å². The summed E-state index contributed by atoms with van der Waals surface area (Å²) in [5.41, 5.74) is 2.08. The van der Waals surface area contributed by atoms with Gasteiger partial charge in [0.25, 0.3) is 0 Å². The molecule has 9 nitrogen and oxygen atoms in total. The highest BCUT2D eigenvalue weighted by atomic mass is 16.5. The molecule has 9 heteroatoms. The molecule has 2 rings (SSSR count). The monoisotopic (exact) mass is 445 g/mol. The summed E-state index contributed by atoms with van der Waals surface area (Å²) in [5, 5.41) is 0. The molecular weight excluding hydrogens is 418 g/mol. The summed E-state index contributed by atoms with van der Waals surface area (Å²) in [5.74, 6) is -0.383. The second kappa shape index (κ2) is 11.0. The maximum absolute atomic E-state index is 12.5. The summed E-state index contributed by atoms with van der Waals surface area (Å²) >= 11 is 0. The van der Waals surface area contributed by atoms with E-state index in [2.05, 4.69) is 4.98 Å². The zero-order valence-electron chi connectivity index (χ0n) is 19.0. The fraction of sp³-hybridized carbons (Fsp3) is 0.348. The molecule has 0 unspecified atom stereocenters. The molecular formula is C23H27NO8. The summed E-state index contributed by atoms with van der Waals surface area (Å²) in [6.07, 6.45) is 2.69. The minimum absolute atomic E-state index is 0.201. The number of aryl methyl sites for hydroxylation is 1. The molecule has 0 aliphatic carbocycles. The van der Waals surface area contributed by atoms with Crippen LogP contribution in [0, 0.1) is 13.8 Å². The van der Waals surface area contributed by atoms with E-state index < -0.39 is 24.3 Å². The van der Waals surface area contributed by atoms with Gasteiger partial charge < -0.3 is 28.7 Å². The highest BCUT2D eigenvalue weighted by Crippen LogP contribution is 2.38.